The number of thiazole rings is 1. The third-order valence-electron chi connectivity index (χ3n) is 5.89. The Kier molecular flexibility index (Phi) is 7.21. The van der Waals surface area contributed by atoms with Gasteiger partial charge in [0.25, 0.3) is 5.91 Å². The summed E-state index contributed by atoms with van der Waals surface area (Å²) < 4.78 is 10.7. The van der Waals surface area contributed by atoms with E-state index in [9.17, 15) is 9.59 Å². The van der Waals surface area contributed by atoms with Crippen molar-refractivity contribution in [3.8, 4) is 10.8 Å². The van der Waals surface area contributed by atoms with E-state index < -0.39 is 5.97 Å². The maximum Gasteiger partial charge on any atom is 0.358 e. The van der Waals surface area contributed by atoms with Gasteiger partial charge in [-0.1, -0.05) is 19.3 Å². The first-order valence-corrected chi connectivity index (χ1v) is 11.5. The van der Waals surface area contributed by atoms with Gasteiger partial charge in [-0.05, 0) is 18.9 Å². The predicted octanol–water partition coefficient (Wildman–Crippen LogP) is 1.91. The van der Waals surface area contributed by atoms with Crippen LogP contribution >= 0.6 is 11.3 Å². The van der Waals surface area contributed by atoms with Crippen molar-refractivity contribution in [3.63, 3.8) is 0 Å². The van der Waals surface area contributed by atoms with E-state index in [2.05, 4.69) is 25.2 Å². The van der Waals surface area contributed by atoms with Crippen LogP contribution in [0.1, 0.15) is 42.6 Å². The molecule has 2 aromatic rings. The number of hydrogen-bond acceptors (Lipinski definition) is 9. The average Bonchev–Trinajstić information content (AvgIpc) is 3.33. The molecule has 1 saturated heterocycles. The highest BCUT2D eigenvalue weighted by molar-refractivity contribution is 7.13. The molecule has 10 heteroatoms. The normalized spacial score (nSPS) is 19.0. The van der Waals surface area contributed by atoms with Gasteiger partial charge in [-0.25, -0.2) is 19.7 Å². The Balaban J connectivity index is 1.28. The van der Waals surface area contributed by atoms with Crippen LogP contribution in [0.5, 0.6) is 0 Å². The lowest BCUT2D eigenvalue weighted by Crippen LogP contribution is -2.59. The quantitative estimate of drug-likeness (QED) is 0.644. The minimum absolute atomic E-state index is 0.0266. The second-order valence-corrected chi connectivity index (χ2v) is 8.71. The zero-order chi connectivity index (χ0) is 21.5. The van der Waals surface area contributed by atoms with Crippen LogP contribution in [0.25, 0.3) is 10.8 Å². The minimum atomic E-state index is -0.630. The molecule has 1 amide bonds. The first-order chi connectivity index (χ1) is 15.2. The first-order valence-electron chi connectivity index (χ1n) is 10.7. The van der Waals surface area contributed by atoms with E-state index in [0.717, 1.165) is 39.1 Å². The molecule has 1 aliphatic heterocycles. The fraction of sp³-hybridized carbons (Fsp3) is 0.571. The van der Waals surface area contributed by atoms with Crippen LogP contribution in [0, 0.1) is 0 Å². The molecule has 3 heterocycles. The molecule has 0 radical (unpaired) electrons. The lowest BCUT2D eigenvalue weighted by Gasteiger charge is -2.48. The lowest BCUT2D eigenvalue weighted by molar-refractivity contribution is -0.125. The fourth-order valence-electron chi connectivity index (χ4n) is 4.25. The molecule has 1 saturated carbocycles. The smallest absolute Gasteiger partial charge is 0.358 e. The zero-order valence-electron chi connectivity index (χ0n) is 17.4. The molecule has 0 aromatic carbocycles. The second kappa shape index (κ2) is 10.3. The number of carbonyl (C=O) groups excluding carboxylic acids is 2. The van der Waals surface area contributed by atoms with Crippen LogP contribution in [0.15, 0.2) is 23.8 Å². The van der Waals surface area contributed by atoms with Crippen LogP contribution in [0.4, 0.5) is 0 Å². The predicted molar refractivity (Wildman–Crippen MR) is 115 cm³/mol. The first kappa shape index (κ1) is 21.8. The number of hydrogen-bond donors (Lipinski definition) is 1. The standard InChI is InChI=1S/C21H27N5O4S/c27-17(24-15-21(5-2-1-3-6-21)26-9-11-29-12-10-26)13-30-20(28)16-14-31-19(25-16)18-22-7-4-8-23-18/h4,7-8,14H,1-3,5-6,9-13,15H2,(H,24,27). The summed E-state index contributed by atoms with van der Waals surface area (Å²) in [5.74, 6) is -0.479. The fourth-order valence-corrected chi connectivity index (χ4v) is 4.99. The number of rotatable bonds is 7. The van der Waals surface area contributed by atoms with E-state index in [1.54, 1.807) is 23.8 Å². The Hall–Kier alpha value is -2.43. The molecule has 166 valence electrons. The average molecular weight is 446 g/mol. The van der Waals surface area contributed by atoms with Crippen LogP contribution < -0.4 is 5.32 Å². The number of amides is 1. The van der Waals surface area contributed by atoms with Crippen molar-refractivity contribution >= 4 is 23.2 Å². The van der Waals surface area contributed by atoms with E-state index in [0.29, 0.717) is 17.4 Å². The summed E-state index contributed by atoms with van der Waals surface area (Å²) in [6.07, 6.45) is 8.93. The van der Waals surface area contributed by atoms with Gasteiger partial charge in [-0.3, -0.25) is 9.69 Å². The summed E-state index contributed by atoms with van der Waals surface area (Å²) in [4.78, 5) is 39.6. The topological polar surface area (TPSA) is 107 Å². The van der Waals surface area contributed by atoms with E-state index >= 15 is 0 Å². The van der Waals surface area contributed by atoms with Crippen LogP contribution in [0.2, 0.25) is 0 Å². The van der Waals surface area contributed by atoms with Gasteiger partial charge in [0.05, 0.1) is 13.2 Å². The summed E-state index contributed by atoms with van der Waals surface area (Å²) in [5, 5.41) is 5.11. The molecule has 1 aliphatic carbocycles. The van der Waals surface area contributed by atoms with Gasteiger partial charge in [0.15, 0.2) is 23.1 Å². The molecular formula is C21H27N5O4S. The Morgan fingerprint density at radius 2 is 1.90 bits per heavy atom. The van der Waals surface area contributed by atoms with E-state index in [1.165, 1.54) is 30.6 Å². The Labute approximate surface area is 185 Å². The van der Waals surface area contributed by atoms with Gasteiger partial charge in [0.1, 0.15) is 0 Å². The largest absolute Gasteiger partial charge is 0.451 e. The molecular weight excluding hydrogens is 418 g/mol. The van der Waals surface area contributed by atoms with Crippen molar-refractivity contribution in [2.75, 3.05) is 39.5 Å². The number of carbonyl (C=O) groups is 2. The molecule has 0 spiro atoms. The molecule has 1 N–H and O–H groups in total. The van der Waals surface area contributed by atoms with Gasteiger partial charge < -0.3 is 14.8 Å². The molecule has 2 fully saturated rings. The summed E-state index contributed by atoms with van der Waals surface area (Å²) >= 11 is 1.26. The maximum absolute atomic E-state index is 12.4. The summed E-state index contributed by atoms with van der Waals surface area (Å²) in [5.41, 5.74) is 0.124. The van der Waals surface area contributed by atoms with Gasteiger partial charge >= 0.3 is 5.97 Å². The Bertz CT molecular complexity index is 879. The maximum atomic E-state index is 12.4. The number of nitrogens with zero attached hydrogens (tertiary/aromatic N) is 4. The van der Waals surface area contributed by atoms with Crippen LogP contribution in [-0.4, -0.2) is 76.7 Å². The monoisotopic (exact) mass is 445 g/mol. The van der Waals surface area contributed by atoms with Crippen molar-refractivity contribution in [1.82, 2.24) is 25.2 Å². The van der Waals surface area contributed by atoms with Crippen molar-refractivity contribution in [2.45, 2.75) is 37.6 Å². The molecule has 0 unspecified atom stereocenters. The number of ether oxygens (including phenoxy) is 2. The van der Waals surface area contributed by atoms with Crippen molar-refractivity contribution in [1.29, 1.82) is 0 Å². The second-order valence-electron chi connectivity index (χ2n) is 7.85. The van der Waals surface area contributed by atoms with Crippen molar-refractivity contribution < 1.29 is 19.1 Å². The summed E-state index contributed by atoms with van der Waals surface area (Å²) in [7, 11) is 0. The molecule has 31 heavy (non-hydrogen) atoms. The minimum Gasteiger partial charge on any atom is -0.451 e. The van der Waals surface area contributed by atoms with Gasteiger partial charge in [0, 0.05) is 42.9 Å². The summed E-state index contributed by atoms with van der Waals surface area (Å²) in [6, 6.07) is 1.71. The third kappa shape index (κ3) is 5.44. The zero-order valence-corrected chi connectivity index (χ0v) is 18.2. The van der Waals surface area contributed by atoms with Gasteiger partial charge in [0.2, 0.25) is 0 Å². The number of morpholine rings is 1. The van der Waals surface area contributed by atoms with E-state index in [1.807, 2.05) is 0 Å². The van der Waals surface area contributed by atoms with E-state index in [-0.39, 0.29) is 23.7 Å². The van der Waals surface area contributed by atoms with Crippen molar-refractivity contribution in [3.05, 3.63) is 29.5 Å². The van der Waals surface area contributed by atoms with Gasteiger partial charge in [-0.15, -0.1) is 11.3 Å². The van der Waals surface area contributed by atoms with E-state index in [4.69, 9.17) is 9.47 Å². The highest BCUT2D eigenvalue weighted by atomic mass is 32.1. The Morgan fingerprint density at radius 3 is 2.65 bits per heavy atom. The van der Waals surface area contributed by atoms with Gasteiger partial charge in [-0.2, -0.15) is 0 Å². The molecule has 0 bridgehead atoms. The number of esters is 1. The number of aromatic nitrogens is 3. The SMILES string of the molecule is O=C(COC(=O)c1csc(-c2ncccn2)n1)NCC1(N2CCOCC2)CCCCC1. The summed E-state index contributed by atoms with van der Waals surface area (Å²) in [6.45, 7) is 3.49. The lowest BCUT2D eigenvalue weighted by atomic mass is 9.79. The van der Waals surface area contributed by atoms with Crippen LogP contribution in [-0.2, 0) is 14.3 Å². The van der Waals surface area contributed by atoms with Crippen molar-refractivity contribution in [2.24, 2.45) is 0 Å². The third-order valence-corrected chi connectivity index (χ3v) is 6.72. The molecule has 2 aliphatic rings. The molecule has 0 atom stereocenters. The molecule has 2 aromatic heterocycles. The molecule has 4 rings (SSSR count). The van der Waals surface area contributed by atoms with Crippen LogP contribution in [0.3, 0.4) is 0 Å². The molecule has 9 nitrogen and oxygen atoms in total. The Morgan fingerprint density at radius 1 is 1.16 bits per heavy atom. The highest BCUT2D eigenvalue weighted by Crippen LogP contribution is 2.33. The number of nitrogens with one attached hydrogen (secondary N) is 1. The highest BCUT2D eigenvalue weighted by Gasteiger charge is 2.38.